The highest BCUT2D eigenvalue weighted by Gasteiger charge is 2.45. The third-order valence-electron chi connectivity index (χ3n) is 3.63. The van der Waals surface area contributed by atoms with Crippen LogP contribution in [0, 0.1) is 11.3 Å². The molecule has 1 aliphatic rings. The molecule has 0 aromatic carbocycles. The summed E-state index contributed by atoms with van der Waals surface area (Å²) < 4.78 is 26.0. The first kappa shape index (κ1) is 13.9. The second kappa shape index (κ2) is 5.47. The fraction of sp³-hybridized carbons (Fsp3) is 1.00. The number of nitrogens with two attached hydrogens (primary N) is 1. The molecule has 0 saturated heterocycles. The van der Waals surface area contributed by atoms with Crippen LogP contribution in [0.3, 0.4) is 0 Å². The summed E-state index contributed by atoms with van der Waals surface area (Å²) in [6.45, 7) is 5.49. The van der Waals surface area contributed by atoms with Gasteiger partial charge in [0.1, 0.15) is 0 Å². The standard InChI is InChI=1S/C11H24N2O2S/c1-10(2)11(5-6-11)9-13-16(14,15)8-4-3-7-12/h10,13H,3-9,12H2,1-2H3. The van der Waals surface area contributed by atoms with Crippen LogP contribution in [-0.2, 0) is 10.0 Å². The van der Waals surface area contributed by atoms with Gasteiger partial charge in [-0.25, -0.2) is 13.1 Å². The van der Waals surface area contributed by atoms with E-state index in [1.165, 1.54) is 0 Å². The number of hydrogen-bond acceptors (Lipinski definition) is 3. The molecule has 96 valence electrons. The molecule has 0 heterocycles. The molecule has 5 heteroatoms. The summed E-state index contributed by atoms with van der Waals surface area (Å²) in [7, 11) is -3.09. The lowest BCUT2D eigenvalue weighted by atomic mass is 9.93. The van der Waals surface area contributed by atoms with Crippen molar-refractivity contribution in [3.63, 3.8) is 0 Å². The first-order valence-corrected chi connectivity index (χ1v) is 7.74. The lowest BCUT2D eigenvalue weighted by molar-refractivity contribution is 0.357. The van der Waals surface area contributed by atoms with Gasteiger partial charge in [-0.2, -0.15) is 0 Å². The third-order valence-corrected chi connectivity index (χ3v) is 5.04. The molecule has 0 bridgehead atoms. The smallest absolute Gasteiger partial charge is 0.211 e. The van der Waals surface area contributed by atoms with E-state index in [9.17, 15) is 8.42 Å². The van der Waals surface area contributed by atoms with E-state index in [1.54, 1.807) is 0 Å². The SMILES string of the molecule is CC(C)C1(CNS(=O)(=O)CCCCN)CC1. The minimum Gasteiger partial charge on any atom is -0.330 e. The molecule has 4 nitrogen and oxygen atoms in total. The van der Waals surface area contributed by atoms with Gasteiger partial charge in [-0.15, -0.1) is 0 Å². The van der Waals surface area contributed by atoms with E-state index in [1.807, 2.05) is 0 Å². The summed E-state index contributed by atoms with van der Waals surface area (Å²) in [6, 6.07) is 0. The Morgan fingerprint density at radius 2 is 1.94 bits per heavy atom. The van der Waals surface area contributed by atoms with Crippen LogP contribution in [-0.4, -0.2) is 27.3 Å². The summed E-state index contributed by atoms with van der Waals surface area (Å²) in [4.78, 5) is 0. The number of sulfonamides is 1. The topological polar surface area (TPSA) is 72.2 Å². The summed E-state index contributed by atoms with van der Waals surface area (Å²) in [5, 5.41) is 0. The van der Waals surface area contributed by atoms with Crippen molar-refractivity contribution < 1.29 is 8.42 Å². The highest BCUT2D eigenvalue weighted by Crippen LogP contribution is 2.51. The molecule has 1 saturated carbocycles. The van der Waals surface area contributed by atoms with Gasteiger partial charge >= 0.3 is 0 Å². The minimum atomic E-state index is -3.09. The van der Waals surface area contributed by atoms with E-state index in [4.69, 9.17) is 5.73 Å². The van der Waals surface area contributed by atoms with Gasteiger partial charge in [0.25, 0.3) is 0 Å². The summed E-state index contributed by atoms with van der Waals surface area (Å²) >= 11 is 0. The van der Waals surface area contributed by atoms with Crippen LogP contribution >= 0.6 is 0 Å². The van der Waals surface area contributed by atoms with E-state index < -0.39 is 10.0 Å². The maximum Gasteiger partial charge on any atom is 0.211 e. The van der Waals surface area contributed by atoms with Crippen molar-refractivity contribution in [1.29, 1.82) is 0 Å². The van der Waals surface area contributed by atoms with Crippen molar-refractivity contribution in [2.75, 3.05) is 18.8 Å². The van der Waals surface area contributed by atoms with Crippen molar-refractivity contribution >= 4 is 10.0 Å². The summed E-state index contributed by atoms with van der Waals surface area (Å²) in [5.74, 6) is 0.762. The van der Waals surface area contributed by atoms with Crippen LogP contribution in [0.25, 0.3) is 0 Å². The van der Waals surface area contributed by atoms with Gasteiger partial charge in [0, 0.05) is 6.54 Å². The molecule has 16 heavy (non-hydrogen) atoms. The lowest BCUT2D eigenvalue weighted by Crippen LogP contribution is -2.34. The predicted octanol–water partition coefficient (Wildman–Crippen LogP) is 1.08. The fourth-order valence-corrected chi connectivity index (χ4v) is 3.12. The quantitative estimate of drug-likeness (QED) is 0.631. The Morgan fingerprint density at radius 3 is 2.38 bits per heavy atom. The summed E-state index contributed by atoms with van der Waals surface area (Å²) in [6.07, 6.45) is 3.72. The Kier molecular flexibility index (Phi) is 4.76. The van der Waals surface area contributed by atoms with Gasteiger partial charge in [0.2, 0.25) is 10.0 Å². The predicted molar refractivity (Wildman–Crippen MR) is 66.6 cm³/mol. The minimum absolute atomic E-state index is 0.207. The first-order valence-electron chi connectivity index (χ1n) is 6.09. The molecule has 0 aromatic rings. The maximum absolute atomic E-state index is 11.7. The number of rotatable bonds is 8. The zero-order valence-corrected chi connectivity index (χ0v) is 11.1. The van der Waals surface area contributed by atoms with Crippen LogP contribution in [0.2, 0.25) is 0 Å². The third kappa shape index (κ3) is 4.03. The van der Waals surface area contributed by atoms with Gasteiger partial charge in [-0.3, -0.25) is 0 Å². The number of unbranched alkanes of at least 4 members (excludes halogenated alkanes) is 1. The Balaban J connectivity index is 2.31. The average Bonchev–Trinajstić information content (AvgIpc) is 2.96. The Bertz CT molecular complexity index is 308. The maximum atomic E-state index is 11.7. The van der Waals surface area contributed by atoms with Gasteiger partial charge in [0.05, 0.1) is 5.75 Å². The molecule has 0 aliphatic heterocycles. The molecule has 3 N–H and O–H groups in total. The van der Waals surface area contributed by atoms with Crippen LogP contribution in [0.1, 0.15) is 39.5 Å². The fourth-order valence-electron chi connectivity index (χ4n) is 1.88. The molecule has 0 radical (unpaired) electrons. The van der Waals surface area contributed by atoms with Crippen molar-refractivity contribution in [1.82, 2.24) is 4.72 Å². The van der Waals surface area contributed by atoms with E-state index >= 15 is 0 Å². The van der Waals surface area contributed by atoms with E-state index in [0.717, 1.165) is 19.3 Å². The van der Waals surface area contributed by atoms with Crippen LogP contribution in [0.4, 0.5) is 0 Å². The molecular weight excluding hydrogens is 224 g/mol. The Labute approximate surface area is 99.0 Å². The van der Waals surface area contributed by atoms with Gasteiger partial charge in [0.15, 0.2) is 0 Å². The number of nitrogens with one attached hydrogen (secondary N) is 1. The van der Waals surface area contributed by atoms with Crippen molar-refractivity contribution in [2.45, 2.75) is 39.5 Å². The molecule has 1 aliphatic carbocycles. The molecule has 0 unspecified atom stereocenters. The largest absolute Gasteiger partial charge is 0.330 e. The highest BCUT2D eigenvalue weighted by atomic mass is 32.2. The van der Waals surface area contributed by atoms with Crippen LogP contribution in [0.5, 0.6) is 0 Å². The molecule has 1 fully saturated rings. The lowest BCUT2D eigenvalue weighted by Gasteiger charge is -2.19. The van der Waals surface area contributed by atoms with Crippen molar-refractivity contribution in [2.24, 2.45) is 17.1 Å². The van der Waals surface area contributed by atoms with Crippen LogP contribution < -0.4 is 10.5 Å². The second-order valence-corrected chi connectivity index (χ2v) is 7.08. The second-order valence-electron chi connectivity index (χ2n) is 5.15. The molecule has 0 atom stereocenters. The Morgan fingerprint density at radius 1 is 1.31 bits per heavy atom. The zero-order valence-electron chi connectivity index (χ0n) is 10.3. The van der Waals surface area contributed by atoms with Gasteiger partial charge < -0.3 is 5.73 Å². The number of hydrogen-bond donors (Lipinski definition) is 2. The van der Waals surface area contributed by atoms with Crippen molar-refractivity contribution in [3.8, 4) is 0 Å². The van der Waals surface area contributed by atoms with E-state index in [-0.39, 0.29) is 11.2 Å². The van der Waals surface area contributed by atoms with Crippen molar-refractivity contribution in [3.05, 3.63) is 0 Å². The highest BCUT2D eigenvalue weighted by molar-refractivity contribution is 7.89. The molecular formula is C11H24N2O2S. The first-order chi connectivity index (χ1) is 7.42. The molecule has 0 aromatic heterocycles. The normalized spacial score (nSPS) is 19.0. The molecule has 1 rings (SSSR count). The summed E-state index contributed by atoms with van der Waals surface area (Å²) in [5.41, 5.74) is 5.57. The zero-order chi connectivity index (χ0) is 12.2. The monoisotopic (exact) mass is 248 g/mol. The van der Waals surface area contributed by atoms with E-state index in [2.05, 4.69) is 18.6 Å². The van der Waals surface area contributed by atoms with Crippen LogP contribution in [0.15, 0.2) is 0 Å². The van der Waals surface area contributed by atoms with Gasteiger partial charge in [-0.05, 0) is 43.6 Å². The van der Waals surface area contributed by atoms with Gasteiger partial charge in [-0.1, -0.05) is 13.8 Å². The molecule has 0 amide bonds. The van der Waals surface area contributed by atoms with E-state index in [0.29, 0.717) is 25.4 Å². The molecule has 0 spiro atoms. The average molecular weight is 248 g/mol. The Hall–Kier alpha value is -0.130.